The van der Waals surface area contributed by atoms with Crippen molar-refractivity contribution in [2.75, 3.05) is 19.9 Å². The summed E-state index contributed by atoms with van der Waals surface area (Å²) >= 11 is 0. The molecule has 0 aliphatic carbocycles. The molecular weight excluding hydrogens is 342 g/mol. The van der Waals surface area contributed by atoms with Gasteiger partial charge in [-0.25, -0.2) is 0 Å². The number of likely N-dealkylation sites (tertiary alicyclic amines) is 1. The van der Waals surface area contributed by atoms with Crippen LogP contribution in [-0.2, 0) is 9.47 Å². The van der Waals surface area contributed by atoms with Gasteiger partial charge in [0.05, 0.1) is 0 Å². The minimum Gasteiger partial charge on any atom is -0.363 e. The average Bonchev–Trinajstić information content (AvgIpc) is 3.00. The van der Waals surface area contributed by atoms with Gasteiger partial charge in [0.1, 0.15) is 5.60 Å². The molecule has 0 spiro atoms. The second-order valence-electron chi connectivity index (χ2n) is 7.56. The molecule has 142 valence electrons. The van der Waals surface area contributed by atoms with E-state index in [2.05, 4.69) is 17.0 Å². The molecule has 2 heterocycles. The fourth-order valence-electron chi connectivity index (χ4n) is 4.11. The highest BCUT2D eigenvalue weighted by Crippen LogP contribution is 2.47. The van der Waals surface area contributed by atoms with E-state index in [1.807, 2.05) is 55.5 Å². The molecule has 27 heavy (non-hydrogen) atoms. The number of carbonyl (C=O) groups is 1. The molecule has 2 aliphatic rings. The van der Waals surface area contributed by atoms with Crippen LogP contribution in [0.15, 0.2) is 60.7 Å². The van der Waals surface area contributed by atoms with E-state index in [1.54, 1.807) is 0 Å². The number of benzene rings is 2. The maximum atomic E-state index is 12.6. The number of nitrogens with zero attached hydrogens (tertiary/aromatic N) is 1. The van der Waals surface area contributed by atoms with Crippen molar-refractivity contribution in [3.05, 3.63) is 71.8 Å². The summed E-state index contributed by atoms with van der Waals surface area (Å²) in [5.41, 5.74) is 1.04. The van der Waals surface area contributed by atoms with Gasteiger partial charge < -0.3 is 14.6 Å². The number of piperidine rings is 1. The van der Waals surface area contributed by atoms with Crippen LogP contribution in [-0.4, -0.2) is 47.1 Å². The Labute approximate surface area is 159 Å². The fraction of sp³-hybridized carbons (Fsp3) is 0.409. The molecule has 0 unspecified atom stereocenters. The lowest BCUT2D eigenvalue weighted by Gasteiger charge is -2.49. The quantitative estimate of drug-likeness (QED) is 0.823. The Balaban J connectivity index is 1.55. The van der Waals surface area contributed by atoms with Crippen molar-refractivity contribution in [2.45, 2.75) is 37.2 Å². The molecular formula is C22H25NO4. The van der Waals surface area contributed by atoms with Gasteiger partial charge >= 0.3 is 0 Å². The highest BCUT2D eigenvalue weighted by molar-refractivity contribution is 5.96. The second kappa shape index (κ2) is 7.17. The third-order valence-electron chi connectivity index (χ3n) is 5.82. The van der Waals surface area contributed by atoms with E-state index in [4.69, 9.17) is 9.47 Å². The molecule has 2 aliphatic heterocycles. The van der Waals surface area contributed by atoms with E-state index in [1.165, 1.54) is 0 Å². The maximum absolute atomic E-state index is 12.6. The lowest BCUT2D eigenvalue weighted by atomic mass is 9.81. The molecule has 5 heteroatoms. The molecule has 0 bridgehead atoms. The lowest BCUT2D eigenvalue weighted by molar-refractivity contribution is -0.244. The van der Waals surface area contributed by atoms with E-state index in [9.17, 15) is 9.90 Å². The summed E-state index contributed by atoms with van der Waals surface area (Å²) in [5, 5.41) is 11.0. The normalized spacial score (nSPS) is 30.8. The van der Waals surface area contributed by atoms with Gasteiger partial charge in [-0.15, -0.1) is 0 Å². The van der Waals surface area contributed by atoms with Gasteiger partial charge in [-0.2, -0.15) is 0 Å². The molecule has 0 amide bonds. The minimum atomic E-state index is -1.31. The van der Waals surface area contributed by atoms with E-state index < -0.39 is 11.4 Å². The smallest absolute Gasteiger partial charge is 0.200 e. The van der Waals surface area contributed by atoms with Crippen LogP contribution in [0.1, 0.15) is 41.7 Å². The van der Waals surface area contributed by atoms with Crippen molar-refractivity contribution in [3.8, 4) is 0 Å². The summed E-state index contributed by atoms with van der Waals surface area (Å²) in [7, 11) is 0. The number of rotatable bonds is 5. The van der Waals surface area contributed by atoms with Crippen LogP contribution >= 0.6 is 0 Å². The molecule has 3 atom stereocenters. The lowest BCUT2D eigenvalue weighted by Crippen LogP contribution is -2.62. The Bertz CT molecular complexity index is 796. The number of Topliss-reactive ketones (excluding diaryl/α,β-unsaturated/α-hetero) is 1. The van der Waals surface area contributed by atoms with Gasteiger partial charge in [0.25, 0.3) is 0 Å². The van der Waals surface area contributed by atoms with Crippen LogP contribution < -0.4 is 0 Å². The monoisotopic (exact) mass is 367 g/mol. The van der Waals surface area contributed by atoms with Gasteiger partial charge in [-0.3, -0.25) is 9.69 Å². The number of hydrogen-bond donors (Lipinski definition) is 1. The van der Waals surface area contributed by atoms with E-state index >= 15 is 0 Å². The fourth-order valence-corrected chi connectivity index (χ4v) is 4.11. The molecule has 2 saturated heterocycles. The third kappa shape index (κ3) is 3.44. The summed E-state index contributed by atoms with van der Waals surface area (Å²) in [6.45, 7) is 3.08. The first-order chi connectivity index (χ1) is 13.0. The van der Waals surface area contributed by atoms with Crippen LogP contribution in [0.25, 0.3) is 0 Å². The predicted molar refractivity (Wildman–Crippen MR) is 101 cm³/mol. The molecule has 2 fully saturated rings. The molecule has 1 N–H and O–H groups in total. The molecule has 5 nitrogen and oxygen atoms in total. The number of hydrogen-bond acceptors (Lipinski definition) is 5. The van der Waals surface area contributed by atoms with Crippen molar-refractivity contribution in [3.63, 3.8) is 0 Å². The zero-order valence-corrected chi connectivity index (χ0v) is 15.5. The second-order valence-corrected chi connectivity index (χ2v) is 7.56. The summed E-state index contributed by atoms with van der Waals surface area (Å²) in [4.78, 5) is 14.8. The van der Waals surface area contributed by atoms with Crippen molar-refractivity contribution in [1.29, 1.82) is 0 Å². The van der Waals surface area contributed by atoms with E-state index in [0.29, 0.717) is 25.9 Å². The molecule has 4 rings (SSSR count). The SMILES string of the molecule is C[C@]12CN(CCC(=O)c3ccccc3)[C@@H](c3ccccc3)C[C@@]1(O)OCO2. The van der Waals surface area contributed by atoms with Gasteiger partial charge in [0.15, 0.2) is 12.6 Å². The van der Waals surface area contributed by atoms with Crippen LogP contribution in [0.2, 0.25) is 0 Å². The van der Waals surface area contributed by atoms with Crippen LogP contribution in [0.5, 0.6) is 0 Å². The molecule has 0 radical (unpaired) electrons. The van der Waals surface area contributed by atoms with Crippen molar-refractivity contribution >= 4 is 5.78 Å². The highest BCUT2D eigenvalue weighted by atomic mass is 16.8. The standard InChI is InChI=1S/C22H25NO4/c1-21-15-23(13-12-20(24)18-10-6-3-7-11-18)19(17-8-4-2-5-9-17)14-22(21,25)27-16-26-21/h2-11,19,25H,12-16H2,1H3/t19-,21+,22-/m1/s1. The predicted octanol–water partition coefficient (Wildman–Crippen LogP) is 3.16. The van der Waals surface area contributed by atoms with Crippen molar-refractivity contribution < 1.29 is 19.4 Å². The Morgan fingerprint density at radius 3 is 2.48 bits per heavy atom. The molecule has 2 aromatic carbocycles. The van der Waals surface area contributed by atoms with E-state index in [0.717, 1.165) is 11.1 Å². The minimum absolute atomic E-state index is 0.0328. The van der Waals surface area contributed by atoms with Crippen molar-refractivity contribution in [1.82, 2.24) is 4.90 Å². The number of ether oxygens (including phenoxy) is 2. The largest absolute Gasteiger partial charge is 0.363 e. The number of carbonyl (C=O) groups excluding carboxylic acids is 1. The van der Waals surface area contributed by atoms with E-state index in [-0.39, 0.29) is 18.6 Å². The number of fused-ring (bicyclic) bond motifs is 1. The third-order valence-corrected chi connectivity index (χ3v) is 5.82. The molecule has 0 aromatic heterocycles. The van der Waals surface area contributed by atoms with Gasteiger partial charge in [-0.1, -0.05) is 60.7 Å². The number of aliphatic hydroxyl groups is 1. The van der Waals surface area contributed by atoms with Crippen molar-refractivity contribution in [2.24, 2.45) is 0 Å². The Hall–Kier alpha value is -2.05. The van der Waals surface area contributed by atoms with Gasteiger partial charge in [0.2, 0.25) is 5.79 Å². The first kappa shape index (κ1) is 18.3. The van der Waals surface area contributed by atoms with Crippen LogP contribution in [0.3, 0.4) is 0 Å². The summed E-state index contributed by atoms with van der Waals surface area (Å²) < 4.78 is 11.3. The summed E-state index contributed by atoms with van der Waals surface area (Å²) in [6, 6.07) is 19.4. The average molecular weight is 367 g/mol. The zero-order chi connectivity index (χ0) is 18.9. The Kier molecular flexibility index (Phi) is 4.86. The van der Waals surface area contributed by atoms with Crippen LogP contribution in [0.4, 0.5) is 0 Å². The summed E-state index contributed by atoms with van der Waals surface area (Å²) in [6.07, 6.45) is 0.829. The summed E-state index contributed by atoms with van der Waals surface area (Å²) in [5.74, 6) is -1.19. The maximum Gasteiger partial charge on any atom is 0.200 e. The topological polar surface area (TPSA) is 59.0 Å². The zero-order valence-electron chi connectivity index (χ0n) is 15.5. The van der Waals surface area contributed by atoms with Crippen LogP contribution in [0, 0.1) is 0 Å². The van der Waals surface area contributed by atoms with Gasteiger partial charge in [-0.05, 0) is 12.5 Å². The number of ketones is 1. The molecule has 0 saturated carbocycles. The van der Waals surface area contributed by atoms with Gasteiger partial charge in [0, 0.05) is 37.5 Å². The molecule has 2 aromatic rings. The first-order valence-corrected chi connectivity index (χ1v) is 9.38. The Morgan fingerprint density at radius 2 is 1.78 bits per heavy atom. The highest BCUT2D eigenvalue weighted by Gasteiger charge is 2.59. The Morgan fingerprint density at radius 1 is 1.11 bits per heavy atom. The first-order valence-electron chi connectivity index (χ1n) is 9.38.